The molecule has 1 aliphatic heterocycles. The van der Waals surface area contributed by atoms with Crippen LogP contribution in [0, 0.1) is 5.92 Å². The summed E-state index contributed by atoms with van der Waals surface area (Å²) < 4.78 is 0. The van der Waals surface area contributed by atoms with Gasteiger partial charge in [0.1, 0.15) is 0 Å². The first-order valence-electron chi connectivity index (χ1n) is 8.81. The third kappa shape index (κ3) is 3.98. The van der Waals surface area contributed by atoms with Crippen LogP contribution in [-0.2, 0) is 4.79 Å². The predicted octanol–water partition coefficient (Wildman–Crippen LogP) is 2.44. The van der Waals surface area contributed by atoms with Crippen molar-refractivity contribution in [3.8, 4) is 0 Å². The first-order chi connectivity index (χ1) is 10.0. The molecular formula is C17H33N3O. The number of amides is 1. The lowest BCUT2D eigenvalue weighted by molar-refractivity contribution is -0.131. The smallest absolute Gasteiger partial charge is 0.241 e. The van der Waals surface area contributed by atoms with Crippen LogP contribution in [0.2, 0.25) is 0 Å². The average molecular weight is 295 g/mol. The Bertz CT molecular complexity index is 339. The summed E-state index contributed by atoms with van der Waals surface area (Å²) in [6.07, 6.45) is 7.54. The molecule has 1 saturated heterocycles. The third-order valence-corrected chi connectivity index (χ3v) is 5.29. The van der Waals surface area contributed by atoms with Gasteiger partial charge >= 0.3 is 0 Å². The van der Waals surface area contributed by atoms with Gasteiger partial charge in [0.2, 0.25) is 5.91 Å². The van der Waals surface area contributed by atoms with Crippen molar-refractivity contribution in [1.29, 1.82) is 0 Å². The molecular weight excluding hydrogens is 262 g/mol. The van der Waals surface area contributed by atoms with E-state index in [9.17, 15) is 4.79 Å². The molecule has 2 atom stereocenters. The van der Waals surface area contributed by atoms with E-state index in [1.165, 1.54) is 25.7 Å². The number of nitrogens with one attached hydrogen (secondary N) is 1. The highest BCUT2D eigenvalue weighted by Gasteiger charge is 2.42. The molecule has 0 bridgehead atoms. The topological polar surface area (TPSA) is 35.6 Å². The van der Waals surface area contributed by atoms with Crippen LogP contribution in [0.4, 0.5) is 0 Å². The Morgan fingerprint density at radius 2 is 2.00 bits per heavy atom. The molecule has 4 nitrogen and oxygen atoms in total. The van der Waals surface area contributed by atoms with Crippen LogP contribution in [-0.4, -0.2) is 54.1 Å². The van der Waals surface area contributed by atoms with E-state index in [1.54, 1.807) is 0 Å². The van der Waals surface area contributed by atoms with Crippen molar-refractivity contribution in [3.05, 3.63) is 0 Å². The lowest BCUT2D eigenvalue weighted by Crippen LogP contribution is -2.46. The molecule has 122 valence electrons. The SMILES string of the molecule is CCCC1NC(C2CCCC2)N(CCN(C)C(C)C)C1=O. The Morgan fingerprint density at radius 3 is 2.57 bits per heavy atom. The summed E-state index contributed by atoms with van der Waals surface area (Å²) in [6.45, 7) is 8.40. The van der Waals surface area contributed by atoms with E-state index < -0.39 is 0 Å². The van der Waals surface area contributed by atoms with E-state index in [0.29, 0.717) is 17.9 Å². The lowest BCUT2D eigenvalue weighted by atomic mass is 10.0. The van der Waals surface area contributed by atoms with Crippen LogP contribution in [0.15, 0.2) is 0 Å². The Kier molecular flexibility index (Phi) is 6.06. The van der Waals surface area contributed by atoms with Crippen LogP contribution in [0.5, 0.6) is 0 Å². The zero-order valence-corrected chi connectivity index (χ0v) is 14.3. The van der Waals surface area contributed by atoms with E-state index in [1.807, 2.05) is 0 Å². The minimum Gasteiger partial charge on any atom is -0.324 e. The minimum atomic E-state index is 0.0601. The van der Waals surface area contributed by atoms with Gasteiger partial charge in [-0.1, -0.05) is 26.2 Å². The van der Waals surface area contributed by atoms with E-state index in [2.05, 4.69) is 42.9 Å². The number of carbonyl (C=O) groups excluding carboxylic acids is 1. The molecule has 0 aromatic heterocycles. The van der Waals surface area contributed by atoms with Crippen molar-refractivity contribution in [1.82, 2.24) is 15.1 Å². The van der Waals surface area contributed by atoms with Gasteiger partial charge in [0, 0.05) is 19.1 Å². The second-order valence-corrected chi connectivity index (χ2v) is 7.10. The largest absolute Gasteiger partial charge is 0.324 e. The molecule has 1 amide bonds. The van der Waals surface area contributed by atoms with Crippen molar-refractivity contribution in [3.63, 3.8) is 0 Å². The van der Waals surface area contributed by atoms with Crippen molar-refractivity contribution in [2.45, 2.75) is 77.5 Å². The molecule has 0 radical (unpaired) electrons. The van der Waals surface area contributed by atoms with E-state index in [0.717, 1.165) is 25.9 Å². The summed E-state index contributed by atoms with van der Waals surface area (Å²) in [5, 5.41) is 3.64. The summed E-state index contributed by atoms with van der Waals surface area (Å²) in [5.74, 6) is 1.01. The van der Waals surface area contributed by atoms with Crippen molar-refractivity contribution < 1.29 is 4.79 Å². The molecule has 1 aliphatic carbocycles. The number of nitrogens with zero attached hydrogens (tertiary/aromatic N) is 2. The summed E-state index contributed by atoms with van der Waals surface area (Å²) in [6, 6.07) is 0.594. The van der Waals surface area contributed by atoms with Crippen molar-refractivity contribution >= 4 is 5.91 Å². The fourth-order valence-corrected chi connectivity index (χ4v) is 3.64. The zero-order chi connectivity index (χ0) is 15.4. The zero-order valence-electron chi connectivity index (χ0n) is 14.3. The third-order valence-electron chi connectivity index (χ3n) is 5.29. The molecule has 2 aliphatic rings. The van der Waals surface area contributed by atoms with Gasteiger partial charge in [-0.05, 0) is 46.1 Å². The van der Waals surface area contributed by atoms with Gasteiger partial charge in [0.15, 0.2) is 0 Å². The van der Waals surface area contributed by atoms with Crippen LogP contribution in [0.3, 0.4) is 0 Å². The highest BCUT2D eigenvalue weighted by molar-refractivity contribution is 5.84. The average Bonchev–Trinajstić information content (AvgIpc) is 3.06. The Hall–Kier alpha value is -0.610. The molecule has 0 spiro atoms. The molecule has 0 aromatic carbocycles. The van der Waals surface area contributed by atoms with Gasteiger partial charge in [-0.2, -0.15) is 0 Å². The summed E-state index contributed by atoms with van der Waals surface area (Å²) in [5.41, 5.74) is 0. The maximum absolute atomic E-state index is 12.7. The quantitative estimate of drug-likeness (QED) is 0.783. The number of likely N-dealkylation sites (N-methyl/N-ethyl adjacent to an activating group) is 1. The second kappa shape index (κ2) is 7.59. The standard InChI is InChI=1S/C17H33N3O/c1-5-8-15-17(21)20(12-11-19(4)13(2)3)16(18-15)14-9-6-7-10-14/h13-16,18H,5-12H2,1-4H3. The van der Waals surface area contributed by atoms with Gasteiger partial charge in [0.05, 0.1) is 12.2 Å². The first kappa shape index (κ1) is 16.8. The molecule has 1 heterocycles. The van der Waals surface area contributed by atoms with Crippen LogP contribution in [0.1, 0.15) is 59.3 Å². The van der Waals surface area contributed by atoms with Crippen LogP contribution < -0.4 is 5.32 Å². The Labute approximate surface area is 130 Å². The van der Waals surface area contributed by atoms with Crippen LogP contribution in [0.25, 0.3) is 0 Å². The van der Waals surface area contributed by atoms with E-state index >= 15 is 0 Å². The lowest BCUT2D eigenvalue weighted by Gasteiger charge is -2.31. The molecule has 2 fully saturated rings. The molecule has 2 rings (SSSR count). The Balaban J connectivity index is 2.00. The van der Waals surface area contributed by atoms with Gasteiger partial charge in [-0.3, -0.25) is 10.1 Å². The molecule has 2 unspecified atom stereocenters. The number of hydrogen-bond acceptors (Lipinski definition) is 3. The molecule has 0 aromatic rings. The number of carbonyl (C=O) groups is 1. The highest BCUT2D eigenvalue weighted by Crippen LogP contribution is 2.32. The fourth-order valence-electron chi connectivity index (χ4n) is 3.64. The summed E-state index contributed by atoms with van der Waals surface area (Å²) in [4.78, 5) is 17.2. The monoisotopic (exact) mass is 295 g/mol. The van der Waals surface area contributed by atoms with Gasteiger partial charge in [0.25, 0.3) is 0 Å². The number of hydrogen-bond donors (Lipinski definition) is 1. The van der Waals surface area contributed by atoms with Crippen LogP contribution >= 0.6 is 0 Å². The van der Waals surface area contributed by atoms with Crippen molar-refractivity contribution in [2.75, 3.05) is 20.1 Å². The molecule has 21 heavy (non-hydrogen) atoms. The molecule has 1 N–H and O–H groups in total. The number of rotatable bonds is 7. The van der Waals surface area contributed by atoms with Gasteiger partial charge in [-0.25, -0.2) is 0 Å². The fraction of sp³-hybridized carbons (Fsp3) is 0.941. The molecule has 4 heteroatoms. The maximum Gasteiger partial charge on any atom is 0.241 e. The van der Waals surface area contributed by atoms with E-state index in [-0.39, 0.29) is 12.2 Å². The maximum atomic E-state index is 12.7. The van der Waals surface area contributed by atoms with Gasteiger partial charge in [-0.15, -0.1) is 0 Å². The normalized spacial score (nSPS) is 27.5. The second-order valence-electron chi connectivity index (χ2n) is 7.10. The first-order valence-corrected chi connectivity index (χ1v) is 8.81. The van der Waals surface area contributed by atoms with E-state index in [4.69, 9.17) is 0 Å². The highest BCUT2D eigenvalue weighted by atomic mass is 16.2. The molecule has 1 saturated carbocycles. The Morgan fingerprint density at radius 1 is 1.33 bits per heavy atom. The van der Waals surface area contributed by atoms with Crippen molar-refractivity contribution in [2.24, 2.45) is 5.92 Å². The minimum absolute atomic E-state index is 0.0601. The van der Waals surface area contributed by atoms with Gasteiger partial charge < -0.3 is 9.80 Å². The summed E-state index contributed by atoms with van der Waals surface area (Å²) in [7, 11) is 2.15. The predicted molar refractivity (Wildman–Crippen MR) is 87.1 cm³/mol. The summed E-state index contributed by atoms with van der Waals surface area (Å²) >= 11 is 0.